The molecule has 0 aliphatic heterocycles. The number of aromatic nitrogens is 1. The van der Waals surface area contributed by atoms with Gasteiger partial charge in [-0.3, -0.25) is 9.59 Å². The van der Waals surface area contributed by atoms with Crippen LogP contribution in [0.3, 0.4) is 0 Å². The minimum absolute atomic E-state index is 0.0798. The molecule has 2 aromatic carbocycles. The van der Waals surface area contributed by atoms with E-state index >= 15 is 0 Å². The minimum atomic E-state index is -0.303. The summed E-state index contributed by atoms with van der Waals surface area (Å²) in [6.45, 7) is 4.41. The first-order valence-corrected chi connectivity index (χ1v) is 13.1. The van der Waals surface area contributed by atoms with Gasteiger partial charge in [-0.25, -0.2) is 4.98 Å². The fraction of sp³-hybridized carbons (Fsp3) is 0.400. The number of hydrogen-bond donors (Lipinski definition) is 2. The van der Waals surface area contributed by atoms with Crippen LogP contribution in [0.2, 0.25) is 0 Å². The molecule has 1 fully saturated rings. The zero-order valence-electron chi connectivity index (χ0n) is 18.9. The van der Waals surface area contributed by atoms with Crippen LogP contribution in [-0.2, 0) is 9.59 Å². The van der Waals surface area contributed by atoms with Gasteiger partial charge in [0.2, 0.25) is 11.8 Å². The lowest BCUT2D eigenvalue weighted by Gasteiger charge is -2.20. The molecule has 1 aliphatic rings. The highest BCUT2D eigenvalue weighted by atomic mass is 32.2. The van der Waals surface area contributed by atoms with E-state index < -0.39 is 0 Å². The van der Waals surface area contributed by atoms with Gasteiger partial charge < -0.3 is 15.4 Å². The molecule has 1 atom stereocenters. The second-order valence-electron chi connectivity index (χ2n) is 8.19. The van der Waals surface area contributed by atoms with Crippen molar-refractivity contribution < 1.29 is 14.3 Å². The van der Waals surface area contributed by atoms with Crippen molar-refractivity contribution >= 4 is 56.5 Å². The smallest absolute Gasteiger partial charge is 0.237 e. The molecule has 0 saturated heterocycles. The maximum atomic E-state index is 12.6. The molecule has 8 heteroatoms. The van der Waals surface area contributed by atoms with Gasteiger partial charge in [-0.2, -0.15) is 0 Å². The van der Waals surface area contributed by atoms with Crippen LogP contribution in [0.4, 0.5) is 11.4 Å². The van der Waals surface area contributed by atoms with Gasteiger partial charge in [0, 0.05) is 17.3 Å². The van der Waals surface area contributed by atoms with Crippen molar-refractivity contribution in [3.63, 3.8) is 0 Å². The number of fused-ring (bicyclic) bond motifs is 1. The number of hydrogen-bond acceptors (Lipinski definition) is 6. The molecule has 3 aromatic rings. The van der Waals surface area contributed by atoms with Gasteiger partial charge in [0.05, 0.1) is 22.1 Å². The molecule has 1 aliphatic carbocycles. The summed E-state index contributed by atoms with van der Waals surface area (Å²) >= 11 is 2.97. The summed E-state index contributed by atoms with van der Waals surface area (Å²) in [4.78, 5) is 29.8. The highest BCUT2D eigenvalue weighted by molar-refractivity contribution is 8.02. The van der Waals surface area contributed by atoms with Crippen molar-refractivity contribution in [2.24, 2.45) is 5.92 Å². The summed E-state index contributed by atoms with van der Waals surface area (Å²) in [6, 6.07) is 13.2. The van der Waals surface area contributed by atoms with Crippen molar-refractivity contribution in [2.75, 3.05) is 17.2 Å². The molecule has 174 valence electrons. The number of anilines is 2. The molecule has 1 unspecified atom stereocenters. The molecular weight excluding hydrogens is 454 g/mol. The third-order valence-electron chi connectivity index (χ3n) is 5.69. The molecule has 1 aromatic heterocycles. The molecule has 2 amide bonds. The van der Waals surface area contributed by atoms with E-state index in [0.717, 1.165) is 57.4 Å². The topological polar surface area (TPSA) is 80.3 Å². The van der Waals surface area contributed by atoms with E-state index in [1.54, 1.807) is 0 Å². The molecule has 33 heavy (non-hydrogen) atoms. The Morgan fingerprint density at radius 1 is 1.09 bits per heavy atom. The Hall–Kier alpha value is -2.58. The summed E-state index contributed by atoms with van der Waals surface area (Å²) in [5.74, 6) is 0.940. The van der Waals surface area contributed by atoms with Crippen LogP contribution < -0.4 is 15.4 Å². The number of benzene rings is 2. The average Bonchev–Trinajstić information content (AvgIpc) is 3.22. The van der Waals surface area contributed by atoms with E-state index in [0.29, 0.717) is 6.61 Å². The lowest BCUT2D eigenvalue weighted by Crippen LogP contribution is -2.24. The van der Waals surface area contributed by atoms with Crippen molar-refractivity contribution in [2.45, 2.75) is 55.5 Å². The Morgan fingerprint density at radius 2 is 1.82 bits per heavy atom. The van der Waals surface area contributed by atoms with Crippen molar-refractivity contribution in [1.29, 1.82) is 0 Å². The van der Waals surface area contributed by atoms with E-state index in [9.17, 15) is 9.59 Å². The van der Waals surface area contributed by atoms with Gasteiger partial charge in [0.1, 0.15) is 5.75 Å². The van der Waals surface area contributed by atoms with Gasteiger partial charge in [-0.15, -0.1) is 11.3 Å². The van der Waals surface area contributed by atoms with Gasteiger partial charge in [-0.1, -0.05) is 31.0 Å². The molecule has 6 nitrogen and oxygen atoms in total. The molecule has 1 saturated carbocycles. The zero-order valence-corrected chi connectivity index (χ0v) is 20.6. The van der Waals surface area contributed by atoms with Crippen LogP contribution >= 0.6 is 23.1 Å². The Bertz CT molecular complexity index is 1110. The number of amides is 2. The second kappa shape index (κ2) is 11.0. The third kappa shape index (κ3) is 6.26. The third-order valence-corrected chi connectivity index (χ3v) is 7.90. The Labute approximate surface area is 202 Å². The Morgan fingerprint density at radius 3 is 2.55 bits per heavy atom. The van der Waals surface area contributed by atoms with E-state index in [2.05, 4.69) is 15.6 Å². The normalized spacial score (nSPS) is 15.2. The van der Waals surface area contributed by atoms with Gasteiger partial charge in [0.15, 0.2) is 4.34 Å². The maximum Gasteiger partial charge on any atom is 0.237 e. The summed E-state index contributed by atoms with van der Waals surface area (Å²) in [7, 11) is 0. The van der Waals surface area contributed by atoms with E-state index in [1.165, 1.54) is 29.5 Å². The van der Waals surface area contributed by atoms with Gasteiger partial charge >= 0.3 is 0 Å². The fourth-order valence-electron chi connectivity index (χ4n) is 3.89. The van der Waals surface area contributed by atoms with Crippen molar-refractivity contribution in [1.82, 2.24) is 4.98 Å². The molecule has 1 heterocycles. The van der Waals surface area contributed by atoms with Crippen LogP contribution in [0, 0.1) is 5.92 Å². The molecule has 0 bridgehead atoms. The summed E-state index contributed by atoms with van der Waals surface area (Å²) < 4.78 is 7.26. The average molecular weight is 484 g/mol. The van der Waals surface area contributed by atoms with Gasteiger partial charge in [0.25, 0.3) is 0 Å². The predicted molar refractivity (Wildman–Crippen MR) is 136 cm³/mol. The lowest BCUT2D eigenvalue weighted by atomic mass is 9.88. The number of carbonyl (C=O) groups excluding carboxylic acids is 2. The first-order valence-electron chi connectivity index (χ1n) is 11.4. The monoisotopic (exact) mass is 483 g/mol. The second-order valence-corrected chi connectivity index (χ2v) is 10.8. The number of nitrogens with zero attached hydrogens (tertiary/aromatic N) is 1. The zero-order chi connectivity index (χ0) is 23.2. The first-order chi connectivity index (χ1) is 16.0. The quantitative estimate of drug-likeness (QED) is 0.366. The van der Waals surface area contributed by atoms with Crippen LogP contribution in [0.5, 0.6) is 5.75 Å². The van der Waals surface area contributed by atoms with E-state index in [1.807, 2.05) is 56.3 Å². The number of thioether (sulfide) groups is 1. The SMILES string of the molecule is CCOc1ccc(NC(=O)C(C)Sc2nc3ccc(NC(=O)C4CCCCC4)cc3s2)cc1. The number of nitrogens with one attached hydrogen (secondary N) is 2. The Balaban J connectivity index is 1.35. The van der Waals surface area contributed by atoms with Crippen molar-refractivity contribution in [3.8, 4) is 5.75 Å². The lowest BCUT2D eigenvalue weighted by molar-refractivity contribution is -0.120. The van der Waals surface area contributed by atoms with Crippen LogP contribution in [0.15, 0.2) is 46.8 Å². The number of thiazole rings is 1. The highest BCUT2D eigenvalue weighted by Crippen LogP contribution is 2.34. The number of ether oxygens (including phenoxy) is 1. The molecule has 0 spiro atoms. The molecular formula is C25H29N3O3S2. The fourth-order valence-corrected chi connectivity index (χ4v) is 6.14. The maximum absolute atomic E-state index is 12.6. The Kier molecular flexibility index (Phi) is 7.88. The van der Waals surface area contributed by atoms with E-state index in [-0.39, 0.29) is 23.0 Å². The molecule has 2 N–H and O–H groups in total. The summed E-state index contributed by atoms with van der Waals surface area (Å²) in [6.07, 6.45) is 5.46. The van der Waals surface area contributed by atoms with Crippen LogP contribution in [0.1, 0.15) is 46.0 Å². The van der Waals surface area contributed by atoms with Gasteiger partial charge in [-0.05, 0) is 69.2 Å². The first kappa shape index (κ1) is 23.6. The molecule has 0 radical (unpaired) electrons. The van der Waals surface area contributed by atoms with Crippen LogP contribution in [-0.4, -0.2) is 28.7 Å². The largest absolute Gasteiger partial charge is 0.494 e. The molecule has 4 rings (SSSR count). The standard InChI is InChI=1S/C25H29N3O3S2/c1-3-31-20-12-9-18(10-13-20)26-23(29)16(2)32-25-28-21-14-11-19(15-22(21)33-25)27-24(30)17-7-5-4-6-8-17/h9-17H,3-8H2,1-2H3,(H,26,29)(H,27,30). The predicted octanol–water partition coefficient (Wildman–Crippen LogP) is 6.33. The van der Waals surface area contributed by atoms with E-state index in [4.69, 9.17) is 4.74 Å². The van der Waals surface area contributed by atoms with Crippen LogP contribution in [0.25, 0.3) is 10.2 Å². The summed E-state index contributed by atoms with van der Waals surface area (Å²) in [5, 5.41) is 5.71. The van der Waals surface area contributed by atoms with Crippen molar-refractivity contribution in [3.05, 3.63) is 42.5 Å². The minimum Gasteiger partial charge on any atom is -0.494 e. The summed E-state index contributed by atoms with van der Waals surface area (Å²) in [5.41, 5.74) is 2.41. The highest BCUT2D eigenvalue weighted by Gasteiger charge is 2.21. The number of rotatable bonds is 8. The number of carbonyl (C=O) groups is 2.